The average Bonchev–Trinajstić information content (AvgIpc) is 3.09. The molecule has 26 heavy (non-hydrogen) atoms. The molecule has 0 spiro atoms. The van der Waals surface area contributed by atoms with Gasteiger partial charge in [0.1, 0.15) is 11.4 Å². The normalized spacial score (nSPS) is 12.2. The van der Waals surface area contributed by atoms with Gasteiger partial charge in [-0.3, -0.25) is 0 Å². The van der Waals surface area contributed by atoms with E-state index in [1.807, 2.05) is 10.9 Å². The molecule has 0 saturated heterocycles. The van der Waals surface area contributed by atoms with E-state index in [4.69, 9.17) is 10.2 Å². The van der Waals surface area contributed by atoms with Crippen LogP contribution < -0.4 is 5.32 Å². The molecule has 1 N–H and O–H groups in total. The number of aromatic nitrogens is 3. The lowest BCUT2D eigenvalue weighted by Crippen LogP contribution is -2.21. The lowest BCUT2D eigenvalue weighted by atomic mass is 10.0. The zero-order valence-electron chi connectivity index (χ0n) is 15.7. The third kappa shape index (κ3) is 4.58. The predicted molar refractivity (Wildman–Crippen MR) is 107 cm³/mol. The quantitative estimate of drug-likeness (QED) is 0.592. The number of aryl methyl sites for hydroxylation is 1. The lowest BCUT2D eigenvalue weighted by Gasteiger charge is -2.18. The summed E-state index contributed by atoms with van der Waals surface area (Å²) in [5.74, 6) is 0. The molecular formula is C22H28N4. The number of rotatable bonds is 9. The van der Waals surface area contributed by atoms with E-state index in [1.165, 1.54) is 5.56 Å². The highest BCUT2D eigenvalue weighted by molar-refractivity contribution is 5.60. The first-order valence-electron chi connectivity index (χ1n) is 9.59. The van der Waals surface area contributed by atoms with E-state index in [0.29, 0.717) is 12.6 Å². The van der Waals surface area contributed by atoms with Gasteiger partial charge in [0.05, 0.1) is 6.54 Å². The van der Waals surface area contributed by atoms with Crippen molar-refractivity contribution < 1.29 is 0 Å². The highest BCUT2D eigenvalue weighted by Gasteiger charge is 2.16. The Morgan fingerprint density at radius 2 is 1.58 bits per heavy atom. The second-order valence-corrected chi connectivity index (χ2v) is 6.59. The first kappa shape index (κ1) is 18.3. The monoisotopic (exact) mass is 348 g/mol. The standard InChI is InChI=1S/C22H28N4/c1-3-11-20(18-12-7-5-8-13-18)23-17-21-22(19-14-9-6-10-15-19)25-26(24-21)16-4-2/h5-10,12-15,20,23H,3-4,11,16-17H2,1-2H3/t20-/m0/s1. The van der Waals surface area contributed by atoms with Crippen molar-refractivity contribution in [3.05, 3.63) is 71.9 Å². The van der Waals surface area contributed by atoms with Gasteiger partial charge >= 0.3 is 0 Å². The van der Waals surface area contributed by atoms with Crippen LogP contribution in [0.1, 0.15) is 50.4 Å². The fraction of sp³-hybridized carbons (Fsp3) is 0.364. The number of hydrogen-bond donors (Lipinski definition) is 1. The molecule has 0 amide bonds. The zero-order chi connectivity index (χ0) is 18.2. The zero-order valence-corrected chi connectivity index (χ0v) is 15.7. The van der Waals surface area contributed by atoms with Crippen molar-refractivity contribution in [1.82, 2.24) is 20.3 Å². The van der Waals surface area contributed by atoms with Crippen molar-refractivity contribution >= 4 is 0 Å². The van der Waals surface area contributed by atoms with E-state index in [1.54, 1.807) is 0 Å². The Kier molecular flexibility index (Phi) is 6.56. The molecule has 0 saturated carbocycles. The number of nitrogens with one attached hydrogen (secondary N) is 1. The minimum Gasteiger partial charge on any atom is -0.304 e. The van der Waals surface area contributed by atoms with Gasteiger partial charge in [0.15, 0.2) is 0 Å². The summed E-state index contributed by atoms with van der Waals surface area (Å²) in [6.07, 6.45) is 3.27. The third-order valence-electron chi connectivity index (χ3n) is 4.49. The number of hydrogen-bond acceptors (Lipinski definition) is 3. The summed E-state index contributed by atoms with van der Waals surface area (Å²) >= 11 is 0. The van der Waals surface area contributed by atoms with Gasteiger partial charge in [-0.1, -0.05) is 80.9 Å². The molecular weight excluding hydrogens is 320 g/mol. The molecule has 4 nitrogen and oxygen atoms in total. The molecule has 0 aliphatic heterocycles. The summed E-state index contributed by atoms with van der Waals surface area (Å²) in [4.78, 5) is 1.83. The molecule has 0 aliphatic carbocycles. The van der Waals surface area contributed by atoms with Gasteiger partial charge in [-0.15, -0.1) is 0 Å². The van der Waals surface area contributed by atoms with Crippen molar-refractivity contribution in [2.75, 3.05) is 0 Å². The van der Waals surface area contributed by atoms with Crippen LogP contribution in [-0.4, -0.2) is 15.0 Å². The van der Waals surface area contributed by atoms with Crippen molar-refractivity contribution in [3.8, 4) is 11.3 Å². The lowest BCUT2D eigenvalue weighted by molar-refractivity contribution is 0.480. The molecule has 1 aromatic heterocycles. The fourth-order valence-corrected chi connectivity index (χ4v) is 3.20. The Labute approximate surface area is 156 Å². The van der Waals surface area contributed by atoms with E-state index in [0.717, 1.165) is 42.8 Å². The van der Waals surface area contributed by atoms with E-state index in [-0.39, 0.29) is 0 Å². The van der Waals surface area contributed by atoms with E-state index in [9.17, 15) is 0 Å². The maximum atomic E-state index is 4.75. The van der Waals surface area contributed by atoms with Crippen molar-refractivity contribution in [3.63, 3.8) is 0 Å². The Bertz CT molecular complexity index is 780. The van der Waals surface area contributed by atoms with Crippen LogP contribution in [0.3, 0.4) is 0 Å². The third-order valence-corrected chi connectivity index (χ3v) is 4.49. The van der Waals surface area contributed by atoms with Gasteiger partial charge in [-0.05, 0) is 18.4 Å². The fourth-order valence-electron chi connectivity index (χ4n) is 3.20. The smallest absolute Gasteiger partial charge is 0.117 e. The summed E-state index contributed by atoms with van der Waals surface area (Å²) in [7, 11) is 0. The maximum Gasteiger partial charge on any atom is 0.117 e. The second kappa shape index (κ2) is 9.30. The van der Waals surface area contributed by atoms with Crippen LogP contribution in [0.25, 0.3) is 11.3 Å². The highest BCUT2D eigenvalue weighted by atomic mass is 15.5. The van der Waals surface area contributed by atoms with Crippen molar-refractivity contribution in [1.29, 1.82) is 0 Å². The van der Waals surface area contributed by atoms with Gasteiger partial charge in [-0.25, -0.2) is 0 Å². The van der Waals surface area contributed by atoms with Gasteiger partial charge < -0.3 is 5.32 Å². The predicted octanol–water partition coefficient (Wildman–Crippen LogP) is 4.99. The first-order valence-corrected chi connectivity index (χ1v) is 9.59. The van der Waals surface area contributed by atoms with Crippen LogP contribution in [0.2, 0.25) is 0 Å². The minimum absolute atomic E-state index is 0.334. The molecule has 1 heterocycles. The minimum atomic E-state index is 0.334. The molecule has 0 fully saturated rings. The first-order chi connectivity index (χ1) is 12.8. The SMILES string of the molecule is CCC[C@H](NCc1nn(CCC)nc1-c1ccccc1)c1ccccc1. The van der Waals surface area contributed by atoms with Crippen LogP contribution >= 0.6 is 0 Å². The summed E-state index contributed by atoms with van der Waals surface area (Å²) in [5.41, 5.74) is 4.45. The van der Waals surface area contributed by atoms with Crippen LogP contribution in [0.4, 0.5) is 0 Å². The Balaban J connectivity index is 1.81. The van der Waals surface area contributed by atoms with Gasteiger partial charge in [0.25, 0.3) is 0 Å². The molecule has 0 aliphatic rings. The van der Waals surface area contributed by atoms with Crippen molar-refractivity contribution in [2.24, 2.45) is 0 Å². The van der Waals surface area contributed by atoms with Crippen LogP contribution in [0.15, 0.2) is 60.7 Å². The Morgan fingerprint density at radius 1 is 0.885 bits per heavy atom. The maximum absolute atomic E-state index is 4.75. The molecule has 0 unspecified atom stereocenters. The van der Waals surface area contributed by atoms with Gasteiger partial charge in [-0.2, -0.15) is 15.0 Å². The second-order valence-electron chi connectivity index (χ2n) is 6.59. The number of nitrogens with zero attached hydrogens (tertiary/aromatic N) is 3. The molecule has 3 rings (SSSR count). The van der Waals surface area contributed by atoms with E-state index in [2.05, 4.69) is 73.8 Å². The summed E-state index contributed by atoms with van der Waals surface area (Å²) in [5, 5.41) is 13.2. The molecule has 136 valence electrons. The van der Waals surface area contributed by atoms with Crippen LogP contribution in [-0.2, 0) is 13.1 Å². The van der Waals surface area contributed by atoms with Gasteiger partial charge in [0.2, 0.25) is 0 Å². The van der Waals surface area contributed by atoms with Crippen LogP contribution in [0, 0.1) is 0 Å². The highest BCUT2D eigenvalue weighted by Crippen LogP contribution is 2.23. The Hall–Kier alpha value is -2.46. The largest absolute Gasteiger partial charge is 0.304 e. The van der Waals surface area contributed by atoms with E-state index < -0.39 is 0 Å². The van der Waals surface area contributed by atoms with Crippen molar-refractivity contribution in [2.45, 2.75) is 52.2 Å². The summed E-state index contributed by atoms with van der Waals surface area (Å²) in [6, 6.07) is 21.3. The molecule has 3 aromatic rings. The van der Waals surface area contributed by atoms with E-state index >= 15 is 0 Å². The summed E-state index contributed by atoms with van der Waals surface area (Å²) < 4.78 is 0. The molecule has 4 heteroatoms. The molecule has 0 bridgehead atoms. The van der Waals surface area contributed by atoms with Crippen LogP contribution in [0.5, 0.6) is 0 Å². The molecule has 0 radical (unpaired) electrons. The number of benzene rings is 2. The molecule has 1 atom stereocenters. The molecule has 2 aromatic carbocycles. The topological polar surface area (TPSA) is 42.7 Å². The summed E-state index contributed by atoms with van der Waals surface area (Å²) in [6.45, 7) is 5.94. The average molecular weight is 348 g/mol. The Morgan fingerprint density at radius 3 is 2.23 bits per heavy atom. The van der Waals surface area contributed by atoms with Gasteiger partial charge in [0, 0.05) is 18.2 Å².